The van der Waals surface area contributed by atoms with Crippen molar-refractivity contribution in [1.82, 2.24) is 10.6 Å². The summed E-state index contributed by atoms with van der Waals surface area (Å²) in [5, 5.41) is 7.23. The van der Waals surface area contributed by atoms with Crippen molar-refractivity contribution in [3.05, 3.63) is 36.7 Å². The van der Waals surface area contributed by atoms with Crippen LogP contribution in [0.25, 0.3) is 0 Å². The van der Waals surface area contributed by atoms with Crippen LogP contribution in [0.1, 0.15) is 67.2 Å². The molecule has 0 aliphatic heterocycles. The molecule has 22 heavy (non-hydrogen) atoms. The number of hydrogen-bond donors (Lipinski definition) is 2. The summed E-state index contributed by atoms with van der Waals surface area (Å²) in [7, 11) is 0. The van der Waals surface area contributed by atoms with Gasteiger partial charge >= 0.3 is 0 Å². The summed E-state index contributed by atoms with van der Waals surface area (Å²) in [6.07, 6.45) is 8.97. The van der Waals surface area contributed by atoms with E-state index in [9.17, 15) is 0 Å². The van der Waals surface area contributed by atoms with E-state index in [-0.39, 0.29) is 0 Å². The van der Waals surface area contributed by atoms with E-state index in [4.69, 9.17) is 0 Å². The summed E-state index contributed by atoms with van der Waals surface area (Å²) in [6, 6.07) is 0.620. The number of nitrogens with one attached hydrogen (secondary N) is 2. The molecular formula is C20H38N2. The predicted octanol–water partition coefficient (Wildman–Crippen LogP) is 5.40. The zero-order valence-electron chi connectivity index (χ0n) is 15.7. The molecule has 2 heteroatoms. The van der Waals surface area contributed by atoms with Gasteiger partial charge in [0.15, 0.2) is 0 Å². The second-order valence-corrected chi connectivity index (χ2v) is 7.02. The van der Waals surface area contributed by atoms with Crippen LogP contribution in [0.2, 0.25) is 0 Å². The molecule has 0 rings (SSSR count). The Morgan fingerprint density at radius 1 is 1.09 bits per heavy atom. The lowest BCUT2D eigenvalue weighted by molar-refractivity contribution is 0.441. The molecule has 0 aromatic heterocycles. The monoisotopic (exact) mass is 306 g/mol. The van der Waals surface area contributed by atoms with Crippen molar-refractivity contribution in [3.63, 3.8) is 0 Å². The molecule has 2 atom stereocenters. The lowest BCUT2D eigenvalue weighted by Crippen LogP contribution is -2.41. The lowest BCUT2D eigenvalue weighted by Gasteiger charge is -2.29. The average molecular weight is 307 g/mol. The van der Waals surface area contributed by atoms with E-state index in [0.717, 1.165) is 24.5 Å². The Kier molecular flexibility index (Phi) is 10.8. The van der Waals surface area contributed by atoms with Crippen molar-refractivity contribution < 1.29 is 0 Å². The van der Waals surface area contributed by atoms with Crippen molar-refractivity contribution in [2.45, 2.75) is 79.3 Å². The van der Waals surface area contributed by atoms with Crippen LogP contribution >= 0.6 is 0 Å². The molecule has 0 aromatic rings. The Balaban J connectivity index is 5.00. The van der Waals surface area contributed by atoms with Gasteiger partial charge in [0.1, 0.15) is 0 Å². The average Bonchev–Trinajstić information content (AvgIpc) is 2.41. The standard InChI is InChI=1S/C20H38N2/c1-9-12-19(22-18(10-2)16(5)6)20(21-17(7)8)14-11-13-15(3)4/h10,12,15-16,18,20-22H,2,7,9,11,13-14H2,1,3-6,8H3/b19-12+. The highest BCUT2D eigenvalue weighted by molar-refractivity contribution is 5.14. The molecule has 0 radical (unpaired) electrons. The molecule has 2 N–H and O–H groups in total. The smallest absolute Gasteiger partial charge is 0.0653 e. The minimum atomic E-state index is 0.303. The third-order valence-corrected chi connectivity index (χ3v) is 3.80. The molecule has 0 saturated heterocycles. The van der Waals surface area contributed by atoms with Crippen LogP contribution in [0.5, 0.6) is 0 Å². The van der Waals surface area contributed by atoms with Gasteiger partial charge in [-0.25, -0.2) is 0 Å². The highest BCUT2D eigenvalue weighted by atomic mass is 15.0. The first kappa shape index (κ1) is 20.8. The van der Waals surface area contributed by atoms with Crippen LogP contribution in [0, 0.1) is 11.8 Å². The van der Waals surface area contributed by atoms with E-state index in [1.54, 1.807) is 0 Å². The first-order chi connectivity index (χ1) is 10.3. The first-order valence-electron chi connectivity index (χ1n) is 8.82. The van der Waals surface area contributed by atoms with Gasteiger partial charge in [-0.3, -0.25) is 0 Å². The molecule has 0 saturated carbocycles. The van der Waals surface area contributed by atoms with Crippen LogP contribution < -0.4 is 10.6 Å². The van der Waals surface area contributed by atoms with Crippen LogP contribution in [-0.4, -0.2) is 12.1 Å². The van der Waals surface area contributed by atoms with Gasteiger partial charge in [0.25, 0.3) is 0 Å². The Morgan fingerprint density at radius 2 is 1.73 bits per heavy atom. The van der Waals surface area contributed by atoms with Gasteiger partial charge in [-0.2, -0.15) is 0 Å². The molecule has 2 unspecified atom stereocenters. The van der Waals surface area contributed by atoms with E-state index in [1.165, 1.54) is 18.5 Å². The Bertz CT molecular complexity index is 353. The minimum Gasteiger partial charge on any atom is -0.381 e. The Hall–Kier alpha value is -1.18. The molecule has 0 bridgehead atoms. The second kappa shape index (κ2) is 11.4. The third-order valence-electron chi connectivity index (χ3n) is 3.80. The van der Waals surface area contributed by atoms with Crippen molar-refractivity contribution >= 4 is 0 Å². The number of hydrogen-bond acceptors (Lipinski definition) is 2. The van der Waals surface area contributed by atoms with Gasteiger partial charge in [0.2, 0.25) is 0 Å². The molecule has 0 aliphatic rings. The maximum atomic E-state index is 4.03. The highest BCUT2D eigenvalue weighted by Crippen LogP contribution is 2.16. The molecule has 0 amide bonds. The fourth-order valence-corrected chi connectivity index (χ4v) is 2.54. The summed E-state index contributed by atoms with van der Waals surface area (Å²) in [4.78, 5) is 0. The van der Waals surface area contributed by atoms with Crippen LogP contribution in [0.15, 0.2) is 36.7 Å². The fourth-order valence-electron chi connectivity index (χ4n) is 2.54. The van der Waals surface area contributed by atoms with Crippen LogP contribution in [0.4, 0.5) is 0 Å². The summed E-state index contributed by atoms with van der Waals surface area (Å²) < 4.78 is 0. The summed E-state index contributed by atoms with van der Waals surface area (Å²) in [5.74, 6) is 1.28. The highest BCUT2D eigenvalue weighted by Gasteiger charge is 2.18. The molecular weight excluding hydrogens is 268 g/mol. The van der Waals surface area contributed by atoms with Gasteiger partial charge in [0.05, 0.1) is 6.04 Å². The maximum Gasteiger partial charge on any atom is 0.0653 e. The summed E-state index contributed by atoms with van der Waals surface area (Å²) >= 11 is 0. The van der Waals surface area contributed by atoms with E-state index >= 15 is 0 Å². The molecule has 2 nitrogen and oxygen atoms in total. The molecule has 128 valence electrons. The molecule has 0 heterocycles. The largest absolute Gasteiger partial charge is 0.381 e. The normalized spacial score (nSPS) is 14.8. The third kappa shape index (κ3) is 8.96. The van der Waals surface area contributed by atoms with E-state index in [0.29, 0.717) is 18.0 Å². The fraction of sp³-hybridized carbons (Fsp3) is 0.700. The van der Waals surface area contributed by atoms with E-state index < -0.39 is 0 Å². The van der Waals surface area contributed by atoms with Gasteiger partial charge < -0.3 is 10.6 Å². The number of allylic oxidation sites excluding steroid dienone is 2. The Labute approximate surface area is 139 Å². The number of rotatable bonds is 12. The first-order valence-corrected chi connectivity index (χ1v) is 8.82. The van der Waals surface area contributed by atoms with Gasteiger partial charge in [-0.05, 0) is 31.6 Å². The molecule has 0 fully saturated rings. The van der Waals surface area contributed by atoms with Crippen molar-refractivity contribution in [2.75, 3.05) is 0 Å². The minimum absolute atomic E-state index is 0.303. The van der Waals surface area contributed by atoms with Crippen molar-refractivity contribution in [2.24, 2.45) is 11.8 Å². The summed E-state index contributed by atoms with van der Waals surface area (Å²) in [5.41, 5.74) is 2.31. The van der Waals surface area contributed by atoms with Crippen molar-refractivity contribution in [3.8, 4) is 0 Å². The lowest BCUT2D eigenvalue weighted by atomic mass is 9.98. The molecule has 0 aromatic carbocycles. The quantitative estimate of drug-likeness (QED) is 0.472. The Morgan fingerprint density at radius 3 is 2.14 bits per heavy atom. The van der Waals surface area contributed by atoms with E-state index in [2.05, 4.69) is 64.5 Å². The van der Waals surface area contributed by atoms with Gasteiger partial charge in [0, 0.05) is 17.4 Å². The topological polar surface area (TPSA) is 24.1 Å². The zero-order valence-corrected chi connectivity index (χ0v) is 15.7. The van der Waals surface area contributed by atoms with Crippen LogP contribution in [-0.2, 0) is 0 Å². The van der Waals surface area contributed by atoms with Crippen molar-refractivity contribution in [1.29, 1.82) is 0 Å². The van der Waals surface area contributed by atoms with E-state index in [1.807, 2.05) is 13.0 Å². The second-order valence-electron chi connectivity index (χ2n) is 7.02. The van der Waals surface area contributed by atoms with Crippen LogP contribution in [0.3, 0.4) is 0 Å². The summed E-state index contributed by atoms with van der Waals surface area (Å²) in [6.45, 7) is 21.2. The van der Waals surface area contributed by atoms with Gasteiger partial charge in [-0.1, -0.05) is 66.2 Å². The molecule has 0 spiro atoms. The SMILES string of the molecule is C=CC(N/C(=C/CC)C(CCCC(C)C)NC(=C)C)C(C)C. The zero-order chi connectivity index (χ0) is 17.1. The molecule has 0 aliphatic carbocycles. The predicted molar refractivity (Wildman–Crippen MR) is 101 cm³/mol. The van der Waals surface area contributed by atoms with Gasteiger partial charge in [-0.15, -0.1) is 6.58 Å². The maximum absolute atomic E-state index is 4.03.